The van der Waals surface area contributed by atoms with Crippen molar-refractivity contribution in [3.05, 3.63) is 21.9 Å². The normalized spacial score (nSPS) is 22.6. The molecular formula is C16H25NOS. The Morgan fingerprint density at radius 1 is 1.26 bits per heavy atom. The van der Waals surface area contributed by atoms with E-state index in [1.165, 1.54) is 49.9 Å². The van der Waals surface area contributed by atoms with Gasteiger partial charge in [0.05, 0.1) is 0 Å². The van der Waals surface area contributed by atoms with Crippen LogP contribution in [0.4, 0.5) is 0 Å². The summed E-state index contributed by atoms with van der Waals surface area (Å²) in [7, 11) is 0. The van der Waals surface area contributed by atoms with Gasteiger partial charge < -0.3 is 10.1 Å². The summed E-state index contributed by atoms with van der Waals surface area (Å²) in [6.45, 7) is 5.31. The molecule has 0 radical (unpaired) electrons. The third-order valence-electron chi connectivity index (χ3n) is 4.51. The molecule has 106 valence electrons. The molecule has 2 aliphatic rings. The van der Waals surface area contributed by atoms with E-state index >= 15 is 0 Å². The summed E-state index contributed by atoms with van der Waals surface area (Å²) >= 11 is 2.01. The van der Waals surface area contributed by atoms with Gasteiger partial charge in [0.25, 0.3) is 0 Å². The largest absolute Gasteiger partial charge is 0.381 e. The monoisotopic (exact) mass is 279 g/mol. The lowest BCUT2D eigenvalue weighted by Gasteiger charge is -2.37. The van der Waals surface area contributed by atoms with Crippen LogP contribution in [-0.2, 0) is 17.6 Å². The Kier molecular flexibility index (Phi) is 4.25. The van der Waals surface area contributed by atoms with Crippen molar-refractivity contribution >= 4 is 11.3 Å². The molecule has 0 atom stereocenters. The van der Waals surface area contributed by atoms with Gasteiger partial charge in [-0.1, -0.05) is 6.92 Å². The predicted octanol–water partition coefficient (Wildman–Crippen LogP) is 3.40. The maximum atomic E-state index is 5.59. The van der Waals surface area contributed by atoms with Crippen molar-refractivity contribution in [2.75, 3.05) is 19.8 Å². The molecule has 0 amide bonds. The van der Waals surface area contributed by atoms with Gasteiger partial charge in [0.1, 0.15) is 0 Å². The van der Waals surface area contributed by atoms with Crippen molar-refractivity contribution in [1.29, 1.82) is 0 Å². The second-order valence-electron chi connectivity index (χ2n) is 6.17. The molecule has 2 heterocycles. The Labute approximate surface area is 120 Å². The average Bonchev–Trinajstić information content (AvgIpc) is 3.17. The zero-order valence-electron chi connectivity index (χ0n) is 11.9. The number of hydrogen-bond acceptors (Lipinski definition) is 3. The third-order valence-corrected chi connectivity index (χ3v) is 5.74. The molecule has 2 fully saturated rings. The Bertz CT molecular complexity index is 405. The molecule has 1 saturated heterocycles. The Morgan fingerprint density at radius 3 is 2.63 bits per heavy atom. The minimum atomic E-state index is 0.441. The fraction of sp³-hybridized carbons (Fsp3) is 0.750. The molecular weight excluding hydrogens is 254 g/mol. The topological polar surface area (TPSA) is 21.3 Å². The van der Waals surface area contributed by atoms with Gasteiger partial charge in [-0.15, -0.1) is 11.3 Å². The predicted molar refractivity (Wildman–Crippen MR) is 80.9 cm³/mol. The summed E-state index contributed by atoms with van der Waals surface area (Å²) in [6.07, 6.45) is 7.59. The van der Waals surface area contributed by atoms with E-state index in [4.69, 9.17) is 4.74 Å². The lowest BCUT2D eigenvalue weighted by Crippen LogP contribution is -2.41. The Balaban J connectivity index is 1.66. The first-order valence-corrected chi connectivity index (χ1v) is 8.50. The molecule has 3 heteroatoms. The summed E-state index contributed by atoms with van der Waals surface area (Å²) in [5, 5.41) is 3.76. The highest BCUT2D eigenvalue weighted by Crippen LogP contribution is 2.36. The van der Waals surface area contributed by atoms with Gasteiger partial charge in [-0.05, 0) is 56.1 Å². The van der Waals surface area contributed by atoms with E-state index in [-0.39, 0.29) is 0 Å². The molecule has 2 nitrogen and oxygen atoms in total. The van der Waals surface area contributed by atoms with E-state index in [1.807, 2.05) is 11.3 Å². The molecule has 0 spiro atoms. The van der Waals surface area contributed by atoms with E-state index in [2.05, 4.69) is 24.4 Å². The number of aryl methyl sites for hydroxylation is 1. The summed E-state index contributed by atoms with van der Waals surface area (Å²) in [5.74, 6) is 0. The van der Waals surface area contributed by atoms with Crippen molar-refractivity contribution in [3.63, 3.8) is 0 Å². The fourth-order valence-electron chi connectivity index (χ4n) is 2.95. The van der Waals surface area contributed by atoms with Crippen LogP contribution in [0.15, 0.2) is 12.1 Å². The van der Waals surface area contributed by atoms with Crippen LogP contribution in [0, 0.1) is 5.41 Å². The van der Waals surface area contributed by atoms with E-state index in [0.29, 0.717) is 5.41 Å². The van der Waals surface area contributed by atoms with Crippen LogP contribution in [-0.4, -0.2) is 25.8 Å². The Hall–Kier alpha value is -0.380. The molecule has 0 bridgehead atoms. The third kappa shape index (κ3) is 3.59. The van der Waals surface area contributed by atoms with Crippen LogP contribution in [0.3, 0.4) is 0 Å². The quantitative estimate of drug-likeness (QED) is 0.861. The molecule has 1 aliphatic carbocycles. The molecule has 1 N–H and O–H groups in total. The van der Waals surface area contributed by atoms with E-state index < -0.39 is 0 Å². The summed E-state index contributed by atoms with van der Waals surface area (Å²) < 4.78 is 5.59. The highest BCUT2D eigenvalue weighted by atomic mass is 32.1. The summed E-state index contributed by atoms with van der Waals surface area (Å²) in [4.78, 5) is 3.09. The number of nitrogens with one attached hydrogen (secondary N) is 1. The molecule has 0 unspecified atom stereocenters. The number of hydrogen-bond donors (Lipinski definition) is 1. The molecule has 1 aromatic heterocycles. The van der Waals surface area contributed by atoms with E-state index in [9.17, 15) is 0 Å². The first kappa shape index (κ1) is 13.6. The SMILES string of the molecule is CCc1ccc(CC2(CNC3CC3)CCOCC2)s1. The van der Waals surface area contributed by atoms with Gasteiger partial charge in [-0.25, -0.2) is 0 Å². The van der Waals surface area contributed by atoms with Crippen molar-refractivity contribution in [2.45, 2.75) is 51.5 Å². The van der Waals surface area contributed by atoms with Gasteiger partial charge in [0.15, 0.2) is 0 Å². The van der Waals surface area contributed by atoms with Crippen LogP contribution in [0.1, 0.15) is 42.4 Å². The second kappa shape index (κ2) is 5.94. The molecule has 3 rings (SSSR count). The lowest BCUT2D eigenvalue weighted by atomic mass is 9.76. The molecule has 19 heavy (non-hydrogen) atoms. The first-order chi connectivity index (χ1) is 9.30. The van der Waals surface area contributed by atoms with Crippen LogP contribution in [0.5, 0.6) is 0 Å². The molecule has 1 aromatic rings. The van der Waals surface area contributed by atoms with Crippen molar-refractivity contribution in [3.8, 4) is 0 Å². The standard InChI is InChI=1S/C16H25NOS/c1-2-14-5-6-15(19-14)11-16(7-9-18-10-8-16)12-17-13-3-4-13/h5-6,13,17H,2-4,7-12H2,1H3. The van der Waals surface area contributed by atoms with Crippen LogP contribution in [0.2, 0.25) is 0 Å². The van der Waals surface area contributed by atoms with Gasteiger partial charge in [0, 0.05) is 35.6 Å². The number of rotatable bonds is 6. The highest BCUT2D eigenvalue weighted by Gasteiger charge is 2.35. The zero-order chi connectivity index (χ0) is 13.1. The zero-order valence-corrected chi connectivity index (χ0v) is 12.7. The van der Waals surface area contributed by atoms with Gasteiger partial charge in [-0.3, -0.25) is 0 Å². The Morgan fingerprint density at radius 2 is 2.00 bits per heavy atom. The minimum absolute atomic E-state index is 0.441. The lowest BCUT2D eigenvalue weighted by molar-refractivity contribution is 0.0151. The fourth-order valence-corrected chi connectivity index (χ4v) is 4.08. The highest BCUT2D eigenvalue weighted by molar-refractivity contribution is 7.11. The summed E-state index contributed by atoms with van der Waals surface area (Å²) in [6, 6.07) is 5.47. The first-order valence-electron chi connectivity index (χ1n) is 7.68. The number of ether oxygens (including phenoxy) is 1. The van der Waals surface area contributed by atoms with Gasteiger partial charge >= 0.3 is 0 Å². The summed E-state index contributed by atoms with van der Waals surface area (Å²) in [5.41, 5.74) is 0.441. The maximum Gasteiger partial charge on any atom is 0.0471 e. The van der Waals surface area contributed by atoms with Crippen molar-refractivity contribution in [2.24, 2.45) is 5.41 Å². The minimum Gasteiger partial charge on any atom is -0.381 e. The van der Waals surface area contributed by atoms with Crippen molar-refractivity contribution < 1.29 is 4.74 Å². The van der Waals surface area contributed by atoms with E-state index in [0.717, 1.165) is 19.3 Å². The van der Waals surface area contributed by atoms with Crippen LogP contribution >= 0.6 is 11.3 Å². The smallest absolute Gasteiger partial charge is 0.0471 e. The van der Waals surface area contributed by atoms with Gasteiger partial charge in [-0.2, -0.15) is 0 Å². The molecule has 1 aliphatic heterocycles. The number of thiophene rings is 1. The second-order valence-corrected chi connectivity index (χ2v) is 7.42. The maximum absolute atomic E-state index is 5.59. The van der Waals surface area contributed by atoms with Crippen molar-refractivity contribution in [1.82, 2.24) is 5.32 Å². The van der Waals surface area contributed by atoms with E-state index in [1.54, 1.807) is 4.88 Å². The molecule has 0 aromatic carbocycles. The van der Waals surface area contributed by atoms with Gasteiger partial charge in [0.2, 0.25) is 0 Å². The molecule has 1 saturated carbocycles. The average molecular weight is 279 g/mol. The van der Waals surface area contributed by atoms with Crippen LogP contribution in [0.25, 0.3) is 0 Å². The van der Waals surface area contributed by atoms with Crippen LogP contribution < -0.4 is 5.32 Å².